The van der Waals surface area contributed by atoms with Crippen molar-refractivity contribution < 1.29 is 4.79 Å². The SMILES string of the molecule is CCc1nc(C(C)NC(=O)C2CCNCC2)cs1. The van der Waals surface area contributed by atoms with Crippen LogP contribution in [0.15, 0.2) is 5.38 Å². The van der Waals surface area contributed by atoms with Crippen molar-refractivity contribution in [3.05, 3.63) is 16.1 Å². The molecule has 100 valence electrons. The number of carbonyl (C=O) groups is 1. The number of aryl methyl sites for hydroxylation is 1. The van der Waals surface area contributed by atoms with Crippen LogP contribution in [0.3, 0.4) is 0 Å². The van der Waals surface area contributed by atoms with E-state index in [0.717, 1.165) is 43.1 Å². The fourth-order valence-electron chi connectivity index (χ4n) is 2.18. The van der Waals surface area contributed by atoms with Gasteiger partial charge in [0.05, 0.1) is 16.7 Å². The first-order valence-corrected chi connectivity index (χ1v) is 7.54. The molecule has 0 aliphatic carbocycles. The van der Waals surface area contributed by atoms with Gasteiger partial charge in [-0.3, -0.25) is 4.79 Å². The fraction of sp³-hybridized carbons (Fsp3) is 0.692. The number of amides is 1. The summed E-state index contributed by atoms with van der Waals surface area (Å²) < 4.78 is 0. The van der Waals surface area contributed by atoms with E-state index in [4.69, 9.17) is 0 Å². The zero-order valence-electron chi connectivity index (χ0n) is 11.0. The lowest BCUT2D eigenvalue weighted by Gasteiger charge is -2.23. The highest BCUT2D eigenvalue weighted by molar-refractivity contribution is 7.09. The lowest BCUT2D eigenvalue weighted by atomic mass is 9.97. The highest BCUT2D eigenvalue weighted by atomic mass is 32.1. The summed E-state index contributed by atoms with van der Waals surface area (Å²) in [6.07, 6.45) is 2.84. The van der Waals surface area contributed by atoms with Crippen LogP contribution in [-0.2, 0) is 11.2 Å². The Balaban J connectivity index is 1.89. The Labute approximate surface area is 112 Å². The molecule has 2 heterocycles. The standard InChI is InChI=1S/C13H21N3OS/c1-3-12-16-11(8-18-12)9(2)15-13(17)10-4-6-14-7-5-10/h8-10,14H,3-7H2,1-2H3,(H,15,17). The molecular weight excluding hydrogens is 246 g/mol. The Bertz CT molecular complexity index is 399. The number of nitrogens with one attached hydrogen (secondary N) is 2. The van der Waals surface area contributed by atoms with Gasteiger partial charge in [-0.05, 0) is 39.3 Å². The van der Waals surface area contributed by atoms with Crippen molar-refractivity contribution in [2.24, 2.45) is 5.92 Å². The average molecular weight is 267 g/mol. The first-order chi connectivity index (χ1) is 8.70. The van der Waals surface area contributed by atoms with Gasteiger partial charge in [0.15, 0.2) is 0 Å². The third-order valence-corrected chi connectivity index (χ3v) is 4.40. The van der Waals surface area contributed by atoms with Gasteiger partial charge in [0.1, 0.15) is 0 Å². The summed E-state index contributed by atoms with van der Waals surface area (Å²) in [4.78, 5) is 16.6. The molecule has 1 aromatic heterocycles. The second kappa shape index (κ2) is 6.29. The highest BCUT2D eigenvalue weighted by Crippen LogP contribution is 2.19. The van der Waals surface area contributed by atoms with Crippen molar-refractivity contribution >= 4 is 17.2 Å². The summed E-state index contributed by atoms with van der Waals surface area (Å²) >= 11 is 1.67. The van der Waals surface area contributed by atoms with E-state index < -0.39 is 0 Å². The number of piperidine rings is 1. The Kier molecular flexibility index (Phi) is 4.72. The molecule has 0 radical (unpaired) electrons. The zero-order chi connectivity index (χ0) is 13.0. The highest BCUT2D eigenvalue weighted by Gasteiger charge is 2.22. The van der Waals surface area contributed by atoms with Crippen molar-refractivity contribution in [1.29, 1.82) is 0 Å². The Morgan fingerprint density at radius 3 is 2.94 bits per heavy atom. The molecule has 2 rings (SSSR count). The van der Waals surface area contributed by atoms with Crippen molar-refractivity contribution in [3.8, 4) is 0 Å². The van der Waals surface area contributed by atoms with Crippen LogP contribution in [0.5, 0.6) is 0 Å². The van der Waals surface area contributed by atoms with Crippen LogP contribution in [0, 0.1) is 5.92 Å². The predicted octanol–water partition coefficient (Wildman–Crippen LogP) is 1.88. The van der Waals surface area contributed by atoms with Crippen molar-refractivity contribution in [2.75, 3.05) is 13.1 Å². The van der Waals surface area contributed by atoms with Crippen molar-refractivity contribution in [3.63, 3.8) is 0 Å². The molecule has 5 heteroatoms. The van der Waals surface area contributed by atoms with Gasteiger partial charge in [-0.1, -0.05) is 6.92 Å². The molecule has 0 aromatic carbocycles. The first kappa shape index (κ1) is 13.5. The predicted molar refractivity (Wildman–Crippen MR) is 73.6 cm³/mol. The molecule has 0 saturated carbocycles. The van der Waals surface area contributed by atoms with Crippen molar-refractivity contribution in [2.45, 2.75) is 39.2 Å². The molecule has 1 atom stereocenters. The monoisotopic (exact) mass is 267 g/mol. The number of hydrogen-bond donors (Lipinski definition) is 2. The molecule has 1 aliphatic rings. The van der Waals surface area contributed by atoms with Gasteiger partial charge in [0.2, 0.25) is 5.91 Å². The molecule has 1 fully saturated rings. The summed E-state index contributed by atoms with van der Waals surface area (Å²) in [5.41, 5.74) is 0.985. The molecule has 1 aliphatic heterocycles. The van der Waals surface area contributed by atoms with Gasteiger partial charge < -0.3 is 10.6 Å². The second-order valence-corrected chi connectivity index (χ2v) is 5.72. The quantitative estimate of drug-likeness (QED) is 0.876. The summed E-state index contributed by atoms with van der Waals surface area (Å²) in [5, 5.41) is 9.54. The van der Waals surface area contributed by atoms with Crippen LogP contribution < -0.4 is 10.6 Å². The van der Waals surface area contributed by atoms with E-state index in [-0.39, 0.29) is 17.9 Å². The number of rotatable bonds is 4. The zero-order valence-corrected chi connectivity index (χ0v) is 11.8. The fourth-order valence-corrected chi connectivity index (χ4v) is 3.01. The lowest BCUT2D eigenvalue weighted by Crippen LogP contribution is -2.39. The molecule has 1 aromatic rings. The molecular formula is C13H21N3OS. The third-order valence-electron chi connectivity index (χ3n) is 3.38. The van der Waals surface area contributed by atoms with Gasteiger partial charge in [0, 0.05) is 11.3 Å². The molecule has 1 saturated heterocycles. The lowest BCUT2D eigenvalue weighted by molar-refractivity contribution is -0.126. The van der Waals surface area contributed by atoms with Crippen LogP contribution in [0.1, 0.15) is 43.4 Å². The molecule has 1 amide bonds. The summed E-state index contributed by atoms with van der Waals surface area (Å²) in [5.74, 6) is 0.341. The number of nitrogens with zero attached hydrogens (tertiary/aromatic N) is 1. The minimum absolute atomic E-state index is 0.0175. The average Bonchev–Trinajstić information content (AvgIpc) is 2.88. The number of hydrogen-bond acceptors (Lipinski definition) is 4. The van der Waals surface area contributed by atoms with E-state index in [1.165, 1.54) is 0 Å². The third kappa shape index (κ3) is 3.29. The van der Waals surface area contributed by atoms with Crippen LogP contribution in [0.25, 0.3) is 0 Å². The van der Waals surface area contributed by atoms with E-state index in [2.05, 4.69) is 22.5 Å². The van der Waals surface area contributed by atoms with E-state index in [1.807, 2.05) is 12.3 Å². The van der Waals surface area contributed by atoms with Gasteiger partial charge in [-0.25, -0.2) is 4.98 Å². The molecule has 18 heavy (non-hydrogen) atoms. The number of aromatic nitrogens is 1. The van der Waals surface area contributed by atoms with Crippen LogP contribution in [0.2, 0.25) is 0 Å². The molecule has 4 nitrogen and oxygen atoms in total. The summed E-state index contributed by atoms with van der Waals surface area (Å²) in [7, 11) is 0. The maximum atomic E-state index is 12.1. The number of carbonyl (C=O) groups excluding carboxylic acids is 1. The minimum Gasteiger partial charge on any atom is -0.348 e. The van der Waals surface area contributed by atoms with Crippen molar-refractivity contribution in [1.82, 2.24) is 15.6 Å². The maximum Gasteiger partial charge on any atom is 0.223 e. The van der Waals surface area contributed by atoms with Crippen LogP contribution in [0.4, 0.5) is 0 Å². The molecule has 0 bridgehead atoms. The number of thiazole rings is 1. The molecule has 2 N–H and O–H groups in total. The van der Waals surface area contributed by atoms with E-state index >= 15 is 0 Å². The Hall–Kier alpha value is -0.940. The topological polar surface area (TPSA) is 54.0 Å². The van der Waals surface area contributed by atoms with E-state index in [0.29, 0.717) is 0 Å². The van der Waals surface area contributed by atoms with Crippen LogP contribution in [-0.4, -0.2) is 24.0 Å². The van der Waals surface area contributed by atoms with E-state index in [1.54, 1.807) is 11.3 Å². The minimum atomic E-state index is 0.0175. The Morgan fingerprint density at radius 1 is 1.61 bits per heavy atom. The summed E-state index contributed by atoms with van der Waals surface area (Å²) in [6.45, 7) is 6.00. The maximum absolute atomic E-state index is 12.1. The normalized spacial score (nSPS) is 18.6. The first-order valence-electron chi connectivity index (χ1n) is 6.66. The van der Waals surface area contributed by atoms with Gasteiger partial charge in [0.25, 0.3) is 0 Å². The van der Waals surface area contributed by atoms with E-state index in [9.17, 15) is 4.79 Å². The Morgan fingerprint density at radius 2 is 2.33 bits per heavy atom. The molecule has 1 unspecified atom stereocenters. The van der Waals surface area contributed by atoms with Gasteiger partial charge in [-0.15, -0.1) is 11.3 Å². The van der Waals surface area contributed by atoms with Crippen LogP contribution >= 0.6 is 11.3 Å². The summed E-state index contributed by atoms with van der Waals surface area (Å²) in [6, 6.07) is 0.0175. The largest absolute Gasteiger partial charge is 0.348 e. The molecule has 0 spiro atoms. The smallest absolute Gasteiger partial charge is 0.223 e. The van der Waals surface area contributed by atoms with Gasteiger partial charge >= 0.3 is 0 Å². The van der Waals surface area contributed by atoms with Gasteiger partial charge in [-0.2, -0.15) is 0 Å². The second-order valence-electron chi connectivity index (χ2n) is 4.77.